The molecule has 3 nitrogen and oxygen atoms in total. The summed E-state index contributed by atoms with van der Waals surface area (Å²) < 4.78 is 38.4. The zero-order valence-electron chi connectivity index (χ0n) is 12.2. The average molecular weight is 312 g/mol. The summed E-state index contributed by atoms with van der Waals surface area (Å²) in [5.74, 6) is 1.05. The van der Waals surface area contributed by atoms with E-state index in [9.17, 15) is 18.0 Å². The Hall–Kier alpha value is -1.59. The van der Waals surface area contributed by atoms with Crippen molar-refractivity contribution in [3.05, 3.63) is 24.4 Å². The standard InChI is InChI=1S/C16H19F3N2O/c17-16(18,19)10-21(14-3-1-2-6-20-14)15(22)9-13-8-11-4-5-12(13)7-11/h1-3,6,11-13H,4-5,7-10H2. The second kappa shape index (κ2) is 5.89. The molecule has 3 rings (SSSR count). The molecule has 1 aromatic rings. The first-order valence-corrected chi connectivity index (χ1v) is 7.70. The van der Waals surface area contributed by atoms with Crippen molar-refractivity contribution in [3.63, 3.8) is 0 Å². The topological polar surface area (TPSA) is 33.2 Å². The monoisotopic (exact) mass is 312 g/mol. The maximum Gasteiger partial charge on any atom is 0.406 e. The van der Waals surface area contributed by atoms with Gasteiger partial charge in [-0.05, 0) is 49.1 Å². The highest BCUT2D eigenvalue weighted by atomic mass is 19.4. The number of aromatic nitrogens is 1. The summed E-state index contributed by atoms with van der Waals surface area (Å²) >= 11 is 0. The minimum Gasteiger partial charge on any atom is -0.288 e. The third-order valence-electron chi connectivity index (χ3n) is 4.89. The molecule has 120 valence electrons. The number of anilines is 1. The van der Waals surface area contributed by atoms with E-state index in [0.29, 0.717) is 11.8 Å². The average Bonchev–Trinajstić information content (AvgIpc) is 3.07. The van der Waals surface area contributed by atoms with Crippen molar-refractivity contribution in [2.45, 2.75) is 38.3 Å². The van der Waals surface area contributed by atoms with Crippen LogP contribution in [0.5, 0.6) is 0 Å². The minimum atomic E-state index is -4.43. The number of hydrogen-bond acceptors (Lipinski definition) is 2. The Morgan fingerprint density at radius 1 is 1.27 bits per heavy atom. The van der Waals surface area contributed by atoms with Crippen LogP contribution >= 0.6 is 0 Å². The molecule has 0 aromatic carbocycles. The zero-order valence-corrected chi connectivity index (χ0v) is 12.2. The second-order valence-electron chi connectivity index (χ2n) is 6.42. The number of pyridine rings is 1. The molecule has 0 radical (unpaired) electrons. The van der Waals surface area contributed by atoms with Gasteiger partial charge in [0.05, 0.1) is 0 Å². The van der Waals surface area contributed by atoms with E-state index in [0.717, 1.165) is 24.2 Å². The van der Waals surface area contributed by atoms with E-state index in [2.05, 4.69) is 4.98 Å². The number of carbonyl (C=O) groups excluding carboxylic acids is 1. The molecule has 2 aliphatic rings. The molecule has 1 aromatic heterocycles. The van der Waals surface area contributed by atoms with Gasteiger partial charge in [0.1, 0.15) is 12.4 Å². The van der Waals surface area contributed by atoms with Gasteiger partial charge >= 0.3 is 6.18 Å². The first-order chi connectivity index (χ1) is 10.4. The minimum absolute atomic E-state index is 0.0768. The van der Waals surface area contributed by atoms with Gasteiger partial charge in [-0.2, -0.15) is 13.2 Å². The maximum atomic E-state index is 12.8. The quantitative estimate of drug-likeness (QED) is 0.847. The smallest absolute Gasteiger partial charge is 0.288 e. The van der Waals surface area contributed by atoms with Crippen LogP contribution < -0.4 is 4.90 Å². The van der Waals surface area contributed by atoms with Gasteiger partial charge in [0.2, 0.25) is 5.91 Å². The van der Waals surface area contributed by atoms with Crippen LogP contribution in [-0.4, -0.2) is 23.6 Å². The van der Waals surface area contributed by atoms with Crippen molar-refractivity contribution < 1.29 is 18.0 Å². The van der Waals surface area contributed by atoms with Crippen LogP contribution in [0.15, 0.2) is 24.4 Å². The predicted octanol–water partition coefficient (Wildman–Crippen LogP) is 3.80. The maximum absolute atomic E-state index is 12.8. The van der Waals surface area contributed by atoms with E-state index in [1.54, 1.807) is 12.1 Å². The molecule has 0 spiro atoms. The van der Waals surface area contributed by atoms with Crippen molar-refractivity contribution in [1.82, 2.24) is 4.98 Å². The lowest BCUT2D eigenvalue weighted by atomic mass is 9.86. The molecule has 1 heterocycles. The SMILES string of the molecule is O=C(CC1CC2CCC1C2)N(CC(F)(F)F)c1ccccn1. The van der Waals surface area contributed by atoms with Gasteiger partial charge in [-0.3, -0.25) is 9.69 Å². The second-order valence-corrected chi connectivity index (χ2v) is 6.42. The normalized spacial score (nSPS) is 27.1. The van der Waals surface area contributed by atoms with Crippen LogP contribution in [0.25, 0.3) is 0 Å². The van der Waals surface area contributed by atoms with E-state index < -0.39 is 18.6 Å². The largest absolute Gasteiger partial charge is 0.406 e. The molecule has 2 bridgehead atoms. The molecule has 22 heavy (non-hydrogen) atoms. The summed E-state index contributed by atoms with van der Waals surface area (Å²) in [7, 11) is 0. The van der Waals surface area contributed by atoms with E-state index in [1.807, 2.05) is 0 Å². The van der Waals surface area contributed by atoms with Gasteiger partial charge < -0.3 is 0 Å². The molecule has 3 atom stereocenters. The summed E-state index contributed by atoms with van der Waals surface area (Å²) in [5.41, 5.74) is 0. The molecule has 0 aliphatic heterocycles. The third-order valence-corrected chi connectivity index (χ3v) is 4.89. The Balaban J connectivity index is 1.72. The highest BCUT2D eigenvalue weighted by Gasteiger charge is 2.42. The van der Waals surface area contributed by atoms with Crippen LogP contribution in [0.3, 0.4) is 0 Å². The summed E-state index contributed by atoms with van der Waals surface area (Å²) in [6.07, 6.45) is 1.63. The fourth-order valence-electron chi connectivity index (χ4n) is 3.95. The number of amides is 1. The number of hydrogen-bond donors (Lipinski definition) is 0. The van der Waals surface area contributed by atoms with E-state index in [4.69, 9.17) is 0 Å². The van der Waals surface area contributed by atoms with Crippen molar-refractivity contribution in [1.29, 1.82) is 0 Å². The predicted molar refractivity (Wildman–Crippen MR) is 76.2 cm³/mol. The van der Waals surface area contributed by atoms with Gasteiger partial charge in [0.25, 0.3) is 0 Å². The fraction of sp³-hybridized carbons (Fsp3) is 0.625. The van der Waals surface area contributed by atoms with Gasteiger partial charge in [0, 0.05) is 12.6 Å². The van der Waals surface area contributed by atoms with Crippen molar-refractivity contribution >= 4 is 11.7 Å². The fourth-order valence-corrected chi connectivity index (χ4v) is 3.95. The molecule has 3 unspecified atom stereocenters. The van der Waals surface area contributed by atoms with Gasteiger partial charge in [-0.1, -0.05) is 12.5 Å². The van der Waals surface area contributed by atoms with Gasteiger partial charge in [0.15, 0.2) is 0 Å². The van der Waals surface area contributed by atoms with Crippen LogP contribution in [0.1, 0.15) is 32.1 Å². The number of carbonyl (C=O) groups is 1. The highest BCUT2D eigenvalue weighted by Crippen LogP contribution is 2.49. The van der Waals surface area contributed by atoms with E-state index in [1.165, 1.54) is 18.7 Å². The molecular formula is C16H19F3N2O. The first kappa shape index (κ1) is 15.3. The molecule has 0 N–H and O–H groups in total. The molecule has 2 aliphatic carbocycles. The Kier molecular flexibility index (Phi) is 4.10. The van der Waals surface area contributed by atoms with Crippen molar-refractivity contribution in [2.24, 2.45) is 17.8 Å². The van der Waals surface area contributed by atoms with Crippen molar-refractivity contribution in [2.75, 3.05) is 11.4 Å². The molecule has 1 amide bonds. The van der Waals surface area contributed by atoms with Crippen LogP contribution in [0.2, 0.25) is 0 Å². The lowest BCUT2D eigenvalue weighted by molar-refractivity contribution is -0.133. The number of alkyl halides is 3. The van der Waals surface area contributed by atoms with Crippen molar-refractivity contribution in [3.8, 4) is 0 Å². The molecule has 6 heteroatoms. The summed E-state index contributed by atoms with van der Waals surface area (Å²) in [6, 6.07) is 4.66. The number of fused-ring (bicyclic) bond motifs is 2. The lowest BCUT2D eigenvalue weighted by Gasteiger charge is -2.27. The van der Waals surface area contributed by atoms with Crippen LogP contribution in [0, 0.1) is 17.8 Å². The summed E-state index contributed by atoms with van der Waals surface area (Å²) in [4.78, 5) is 17.1. The molecule has 0 saturated heterocycles. The van der Waals surface area contributed by atoms with Crippen LogP contribution in [-0.2, 0) is 4.79 Å². The summed E-state index contributed by atoms with van der Waals surface area (Å²) in [6.45, 7) is -1.27. The number of nitrogens with zero attached hydrogens (tertiary/aromatic N) is 2. The van der Waals surface area contributed by atoms with E-state index >= 15 is 0 Å². The Morgan fingerprint density at radius 3 is 2.64 bits per heavy atom. The number of halogens is 3. The van der Waals surface area contributed by atoms with E-state index in [-0.39, 0.29) is 18.2 Å². The molecule has 2 saturated carbocycles. The molecule has 2 fully saturated rings. The van der Waals surface area contributed by atoms with Gasteiger partial charge in [-0.15, -0.1) is 0 Å². The third kappa shape index (κ3) is 3.42. The number of rotatable bonds is 4. The zero-order chi connectivity index (χ0) is 15.7. The summed E-state index contributed by atoms with van der Waals surface area (Å²) in [5, 5.41) is 0. The Morgan fingerprint density at radius 2 is 2.09 bits per heavy atom. The molecular weight excluding hydrogens is 293 g/mol. The Bertz CT molecular complexity index is 532. The van der Waals surface area contributed by atoms with Crippen LogP contribution in [0.4, 0.5) is 19.0 Å². The van der Waals surface area contributed by atoms with Gasteiger partial charge in [-0.25, -0.2) is 4.98 Å². The highest BCUT2D eigenvalue weighted by molar-refractivity contribution is 5.92. The Labute approximate surface area is 127 Å². The first-order valence-electron chi connectivity index (χ1n) is 7.70. The lowest BCUT2D eigenvalue weighted by Crippen LogP contribution is -2.40.